The summed E-state index contributed by atoms with van der Waals surface area (Å²) in [6, 6.07) is 14.7. The van der Waals surface area contributed by atoms with E-state index in [9.17, 15) is 13.2 Å². The van der Waals surface area contributed by atoms with Crippen molar-refractivity contribution < 1.29 is 17.9 Å². The van der Waals surface area contributed by atoms with Gasteiger partial charge in [0.1, 0.15) is 0 Å². The van der Waals surface area contributed by atoms with Crippen LogP contribution >= 0.6 is 0 Å². The van der Waals surface area contributed by atoms with E-state index in [1.807, 2.05) is 12.1 Å². The minimum atomic E-state index is -3.32. The number of sulfonamides is 1. The zero-order chi connectivity index (χ0) is 20.9. The highest BCUT2D eigenvalue weighted by atomic mass is 32.2. The molecule has 8 heteroatoms. The van der Waals surface area contributed by atoms with Gasteiger partial charge in [0.2, 0.25) is 10.0 Å². The largest absolute Gasteiger partial charge is 0.378 e. The minimum absolute atomic E-state index is 0.0239. The van der Waals surface area contributed by atoms with Gasteiger partial charge in [0.25, 0.3) is 5.91 Å². The van der Waals surface area contributed by atoms with Crippen LogP contribution in [0, 0.1) is 0 Å². The Labute approximate surface area is 172 Å². The lowest BCUT2D eigenvalue weighted by molar-refractivity contribution is 0.0951. The maximum Gasteiger partial charge on any atom is 0.251 e. The number of anilines is 2. The molecule has 1 N–H and O–H groups in total. The normalized spacial score (nSPS) is 14.5. The van der Waals surface area contributed by atoms with Gasteiger partial charge in [-0.1, -0.05) is 12.1 Å². The number of nitrogens with one attached hydrogen (secondary N) is 1. The fraction of sp³-hybridized carbons (Fsp3) is 0.381. The summed E-state index contributed by atoms with van der Waals surface area (Å²) in [6.45, 7) is 5.30. The molecule has 0 atom stereocenters. The summed E-state index contributed by atoms with van der Waals surface area (Å²) in [5.74, 6) is -0.175. The minimum Gasteiger partial charge on any atom is -0.378 e. The third-order valence-corrected chi connectivity index (χ3v) is 6.82. The molecular formula is C21H27N3O4S. The van der Waals surface area contributed by atoms with E-state index in [-0.39, 0.29) is 11.7 Å². The molecule has 0 radical (unpaired) electrons. The van der Waals surface area contributed by atoms with E-state index in [0.29, 0.717) is 17.8 Å². The van der Waals surface area contributed by atoms with Gasteiger partial charge in [-0.05, 0) is 48.9 Å². The predicted octanol–water partition coefficient (Wildman–Crippen LogP) is 2.24. The van der Waals surface area contributed by atoms with Crippen LogP contribution in [0.15, 0.2) is 48.5 Å². The predicted molar refractivity (Wildman–Crippen MR) is 115 cm³/mol. The van der Waals surface area contributed by atoms with Crippen LogP contribution in [-0.2, 0) is 21.3 Å². The molecule has 0 bridgehead atoms. The summed E-state index contributed by atoms with van der Waals surface area (Å²) in [4.78, 5) is 14.7. The van der Waals surface area contributed by atoms with Crippen molar-refractivity contribution in [1.29, 1.82) is 0 Å². The molecule has 0 aromatic heterocycles. The first-order valence-electron chi connectivity index (χ1n) is 9.67. The third kappa shape index (κ3) is 5.27. The Bertz CT molecular complexity index is 921. The van der Waals surface area contributed by atoms with Gasteiger partial charge in [0.05, 0.1) is 24.7 Å². The molecular weight excluding hydrogens is 390 g/mol. The number of ether oxygens (including phenoxy) is 1. The number of hydrogen-bond donors (Lipinski definition) is 1. The number of amides is 1. The van der Waals surface area contributed by atoms with Crippen LogP contribution < -0.4 is 14.5 Å². The second-order valence-electron chi connectivity index (χ2n) is 6.86. The number of morpholine rings is 1. The van der Waals surface area contributed by atoms with Gasteiger partial charge in [0.15, 0.2) is 0 Å². The highest BCUT2D eigenvalue weighted by Crippen LogP contribution is 2.18. The quantitative estimate of drug-likeness (QED) is 0.748. The van der Waals surface area contributed by atoms with E-state index in [1.165, 1.54) is 11.4 Å². The van der Waals surface area contributed by atoms with E-state index in [0.717, 1.165) is 37.6 Å². The molecule has 2 aromatic carbocycles. The maximum atomic E-state index is 12.4. The molecule has 0 aliphatic carbocycles. The molecule has 2 aromatic rings. The smallest absolute Gasteiger partial charge is 0.251 e. The summed E-state index contributed by atoms with van der Waals surface area (Å²) in [5, 5.41) is 2.90. The topological polar surface area (TPSA) is 79.0 Å². The molecule has 0 saturated carbocycles. The average molecular weight is 418 g/mol. The third-order valence-electron chi connectivity index (χ3n) is 5.04. The van der Waals surface area contributed by atoms with Gasteiger partial charge < -0.3 is 15.0 Å². The van der Waals surface area contributed by atoms with Crippen LogP contribution in [0.2, 0.25) is 0 Å². The second kappa shape index (κ2) is 9.28. The monoisotopic (exact) mass is 417 g/mol. The van der Waals surface area contributed by atoms with E-state index in [1.54, 1.807) is 31.2 Å². The van der Waals surface area contributed by atoms with Gasteiger partial charge in [0, 0.05) is 37.9 Å². The SMILES string of the molecule is CCS(=O)(=O)N(C)c1ccc(C(=O)NCc2ccc(N3CCOCC3)cc2)cc1. The van der Waals surface area contributed by atoms with Crippen LogP contribution in [-0.4, -0.2) is 53.4 Å². The lowest BCUT2D eigenvalue weighted by atomic mass is 10.1. The number of benzene rings is 2. The van der Waals surface area contributed by atoms with Crippen LogP contribution in [0.4, 0.5) is 11.4 Å². The zero-order valence-corrected chi connectivity index (χ0v) is 17.6. The Morgan fingerprint density at radius 3 is 2.28 bits per heavy atom. The molecule has 1 saturated heterocycles. The molecule has 1 fully saturated rings. The molecule has 1 heterocycles. The second-order valence-corrected chi connectivity index (χ2v) is 9.15. The van der Waals surface area contributed by atoms with E-state index < -0.39 is 10.0 Å². The van der Waals surface area contributed by atoms with Crippen molar-refractivity contribution in [2.75, 3.05) is 48.3 Å². The molecule has 3 rings (SSSR count). The van der Waals surface area contributed by atoms with Crippen LogP contribution in [0.25, 0.3) is 0 Å². The highest BCUT2D eigenvalue weighted by molar-refractivity contribution is 7.92. The Morgan fingerprint density at radius 1 is 1.07 bits per heavy atom. The summed E-state index contributed by atoms with van der Waals surface area (Å²) in [5.41, 5.74) is 3.19. The number of rotatable bonds is 7. The summed E-state index contributed by atoms with van der Waals surface area (Å²) >= 11 is 0. The standard InChI is InChI=1S/C21H27N3O4S/c1-3-29(26,27)23(2)19-10-6-18(7-11-19)21(25)22-16-17-4-8-20(9-5-17)24-12-14-28-15-13-24/h4-11H,3,12-16H2,1-2H3,(H,22,25). The van der Waals surface area contributed by atoms with Crippen molar-refractivity contribution in [3.63, 3.8) is 0 Å². The summed E-state index contributed by atoms with van der Waals surface area (Å²) in [7, 11) is -1.81. The van der Waals surface area contributed by atoms with Gasteiger partial charge >= 0.3 is 0 Å². The first-order chi connectivity index (χ1) is 13.9. The molecule has 7 nitrogen and oxygen atoms in total. The van der Waals surface area contributed by atoms with E-state index >= 15 is 0 Å². The van der Waals surface area contributed by atoms with Crippen LogP contribution in [0.1, 0.15) is 22.8 Å². The van der Waals surface area contributed by atoms with Gasteiger partial charge in [-0.15, -0.1) is 0 Å². The molecule has 1 amide bonds. The van der Waals surface area contributed by atoms with Crippen LogP contribution in [0.3, 0.4) is 0 Å². The molecule has 1 aliphatic heterocycles. The van der Waals surface area contributed by atoms with Crippen molar-refractivity contribution in [2.45, 2.75) is 13.5 Å². The van der Waals surface area contributed by atoms with Crippen molar-refractivity contribution in [3.05, 3.63) is 59.7 Å². The Morgan fingerprint density at radius 2 is 1.69 bits per heavy atom. The van der Waals surface area contributed by atoms with Crippen molar-refractivity contribution in [2.24, 2.45) is 0 Å². The zero-order valence-electron chi connectivity index (χ0n) is 16.8. The van der Waals surface area contributed by atoms with Crippen molar-refractivity contribution in [1.82, 2.24) is 5.32 Å². The fourth-order valence-corrected chi connectivity index (χ4v) is 3.94. The number of carbonyl (C=O) groups excluding carboxylic acids is 1. The Hall–Kier alpha value is -2.58. The fourth-order valence-electron chi connectivity index (χ4n) is 3.11. The lowest BCUT2D eigenvalue weighted by Crippen LogP contribution is -2.36. The van der Waals surface area contributed by atoms with Gasteiger partial charge in [-0.3, -0.25) is 9.10 Å². The first kappa shape index (κ1) is 21.1. The highest BCUT2D eigenvalue weighted by Gasteiger charge is 2.16. The maximum absolute atomic E-state index is 12.4. The Balaban J connectivity index is 1.56. The van der Waals surface area contributed by atoms with E-state index in [2.05, 4.69) is 22.3 Å². The summed E-state index contributed by atoms with van der Waals surface area (Å²) in [6.07, 6.45) is 0. The average Bonchev–Trinajstić information content (AvgIpc) is 2.78. The molecule has 0 spiro atoms. The number of hydrogen-bond acceptors (Lipinski definition) is 5. The Kier molecular flexibility index (Phi) is 6.76. The molecule has 0 unspecified atom stereocenters. The van der Waals surface area contributed by atoms with Crippen molar-refractivity contribution >= 4 is 27.3 Å². The number of carbonyl (C=O) groups is 1. The lowest BCUT2D eigenvalue weighted by Gasteiger charge is -2.28. The molecule has 29 heavy (non-hydrogen) atoms. The van der Waals surface area contributed by atoms with E-state index in [4.69, 9.17) is 4.74 Å². The van der Waals surface area contributed by atoms with Gasteiger partial charge in [-0.2, -0.15) is 0 Å². The van der Waals surface area contributed by atoms with Crippen LogP contribution in [0.5, 0.6) is 0 Å². The number of nitrogens with zero attached hydrogens (tertiary/aromatic N) is 2. The molecule has 156 valence electrons. The van der Waals surface area contributed by atoms with Crippen molar-refractivity contribution in [3.8, 4) is 0 Å². The first-order valence-corrected chi connectivity index (χ1v) is 11.3. The van der Waals surface area contributed by atoms with Gasteiger partial charge in [-0.25, -0.2) is 8.42 Å². The summed E-state index contributed by atoms with van der Waals surface area (Å²) < 4.78 is 30.5. The molecule has 1 aliphatic rings.